The zero-order valence-corrected chi connectivity index (χ0v) is 16.2. The molecule has 0 spiro atoms. The van der Waals surface area contributed by atoms with E-state index in [1.807, 2.05) is 44.2 Å². The van der Waals surface area contributed by atoms with Crippen molar-refractivity contribution in [2.75, 3.05) is 7.05 Å². The highest BCUT2D eigenvalue weighted by molar-refractivity contribution is 7.12. The summed E-state index contributed by atoms with van der Waals surface area (Å²) in [5.74, 6) is 0.193. The highest BCUT2D eigenvalue weighted by atomic mass is 32.1. The lowest BCUT2D eigenvalue weighted by atomic mass is 9.83. The molecular formula is C20H21N5OS. The number of nitrogens with zero attached hydrogens (tertiary/aromatic N) is 3. The Morgan fingerprint density at radius 3 is 2.56 bits per heavy atom. The van der Waals surface area contributed by atoms with Crippen LogP contribution in [0.2, 0.25) is 0 Å². The fourth-order valence-electron chi connectivity index (χ4n) is 3.13. The number of rotatable bonds is 5. The number of benzene rings is 1. The third-order valence-electron chi connectivity index (χ3n) is 4.42. The lowest BCUT2D eigenvalue weighted by Crippen LogP contribution is -2.51. The minimum Gasteiger partial charge on any atom is -0.370 e. The second kappa shape index (κ2) is 7.67. The summed E-state index contributed by atoms with van der Waals surface area (Å²) < 4.78 is 0. The van der Waals surface area contributed by atoms with E-state index in [2.05, 4.69) is 20.3 Å². The molecule has 0 amide bonds. The van der Waals surface area contributed by atoms with Crippen LogP contribution in [0.4, 0.5) is 0 Å². The molecule has 6 nitrogen and oxygen atoms in total. The molecular weight excluding hydrogens is 358 g/mol. The molecule has 2 aromatic heterocycles. The molecule has 7 heteroatoms. The summed E-state index contributed by atoms with van der Waals surface area (Å²) in [6.45, 7) is 4.02. The molecule has 3 aromatic rings. The van der Waals surface area contributed by atoms with Crippen molar-refractivity contribution in [2.45, 2.75) is 19.4 Å². The quantitative estimate of drug-likeness (QED) is 0.404. The number of aldehydes is 1. The molecule has 0 aliphatic rings. The maximum atomic E-state index is 12.5. The van der Waals surface area contributed by atoms with Crippen LogP contribution in [0.25, 0.3) is 11.1 Å². The Bertz CT molecular complexity index is 983. The summed E-state index contributed by atoms with van der Waals surface area (Å²) in [5, 5.41) is 3.13. The van der Waals surface area contributed by atoms with Crippen LogP contribution in [0, 0.1) is 13.8 Å². The minimum absolute atomic E-state index is 0.193. The molecule has 0 saturated carbocycles. The van der Waals surface area contributed by atoms with Crippen LogP contribution in [0.15, 0.2) is 54.0 Å². The molecule has 3 N–H and O–H groups in total. The van der Waals surface area contributed by atoms with Gasteiger partial charge < -0.3 is 11.1 Å². The van der Waals surface area contributed by atoms with Crippen LogP contribution in [-0.2, 0) is 10.3 Å². The van der Waals surface area contributed by atoms with Crippen molar-refractivity contribution in [2.24, 2.45) is 10.7 Å². The van der Waals surface area contributed by atoms with Gasteiger partial charge in [0, 0.05) is 40.3 Å². The van der Waals surface area contributed by atoms with Crippen LogP contribution in [0.5, 0.6) is 0 Å². The van der Waals surface area contributed by atoms with E-state index in [-0.39, 0.29) is 5.96 Å². The summed E-state index contributed by atoms with van der Waals surface area (Å²) >= 11 is 1.64. The number of hydrogen-bond acceptors (Lipinski definition) is 5. The number of nitrogens with one attached hydrogen (secondary N) is 1. The Morgan fingerprint density at radius 2 is 1.96 bits per heavy atom. The van der Waals surface area contributed by atoms with Gasteiger partial charge in [0.05, 0.1) is 0 Å². The molecule has 0 fully saturated rings. The largest absolute Gasteiger partial charge is 0.370 e. The molecule has 0 saturated heterocycles. The number of carbonyl (C=O) groups excluding carboxylic acids is 1. The number of thiophene rings is 1. The number of carbonyl (C=O) groups is 1. The Labute approximate surface area is 162 Å². The van der Waals surface area contributed by atoms with Crippen molar-refractivity contribution in [3.63, 3.8) is 0 Å². The van der Waals surface area contributed by atoms with Crippen LogP contribution >= 0.6 is 11.3 Å². The third-order valence-corrected chi connectivity index (χ3v) is 5.39. The Balaban J connectivity index is 2.22. The number of hydrogen-bond donors (Lipinski definition) is 2. The predicted molar refractivity (Wildman–Crippen MR) is 109 cm³/mol. The van der Waals surface area contributed by atoms with Gasteiger partial charge in [0.25, 0.3) is 0 Å². The highest BCUT2D eigenvalue weighted by Gasteiger charge is 2.37. The topological polar surface area (TPSA) is 93.3 Å². The maximum Gasteiger partial charge on any atom is 0.189 e. The Kier molecular flexibility index (Phi) is 5.32. The third kappa shape index (κ3) is 3.59. The van der Waals surface area contributed by atoms with E-state index in [1.54, 1.807) is 30.8 Å². The van der Waals surface area contributed by atoms with Gasteiger partial charge in [-0.15, -0.1) is 11.3 Å². The minimum atomic E-state index is -1.13. The first-order valence-electron chi connectivity index (χ1n) is 8.40. The lowest BCUT2D eigenvalue weighted by molar-refractivity contribution is -0.111. The van der Waals surface area contributed by atoms with Crippen LogP contribution in [0.1, 0.15) is 20.9 Å². The molecule has 1 atom stereocenters. The smallest absolute Gasteiger partial charge is 0.189 e. The number of aliphatic imine (C=N–C) groups is 1. The van der Waals surface area contributed by atoms with E-state index in [0.29, 0.717) is 0 Å². The standard InChI is InChI=1S/C20H21N5OS/c1-13-7-18(14(2)27-13)20(11-26,25-19(21)22-3)17-6-4-5-15(8-17)16-9-23-12-24-10-16/h4-12H,1-3H3,(H3,21,22,25). The van der Waals surface area contributed by atoms with Gasteiger partial charge in [0.1, 0.15) is 11.9 Å². The molecule has 3 rings (SSSR count). The van der Waals surface area contributed by atoms with E-state index in [4.69, 9.17) is 5.73 Å². The van der Waals surface area contributed by atoms with E-state index < -0.39 is 5.54 Å². The van der Waals surface area contributed by atoms with Crippen molar-refractivity contribution >= 4 is 23.6 Å². The van der Waals surface area contributed by atoms with Gasteiger partial charge in [-0.25, -0.2) is 9.97 Å². The average molecular weight is 379 g/mol. The SMILES string of the molecule is CN=C(N)NC(C=O)(c1cccc(-c2cncnc2)c1)c1cc(C)sc1C. The van der Waals surface area contributed by atoms with Gasteiger partial charge in [0.2, 0.25) is 0 Å². The summed E-state index contributed by atoms with van der Waals surface area (Å²) in [6, 6.07) is 9.74. The van der Waals surface area contributed by atoms with Crippen LogP contribution < -0.4 is 11.1 Å². The molecule has 0 aliphatic carbocycles. The molecule has 138 valence electrons. The van der Waals surface area contributed by atoms with E-state index >= 15 is 0 Å². The van der Waals surface area contributed by atoms with Gasteiger partial charge in [-0.1, -0.05) is 18.2 Å². The van der Waals surface area contributed by atoms with Crippen LogP contribution in [-0.4, -0.2) is 29.3 Å². The van der Waals surface area contributed by atoms with E-state index in [0.717, 1.165) is 38.3 Å². The second-order valence-electron chi connectivity index (χ2n) is 6.19. The Hall–Kier alpha value is -3.06. The summed E-state index contributed by atoms with van der Waals surface area (Å²) in [5.41, 5.74) is 8.27. The zero-order chi connectivity index (χ0) is 19.4. The van der Waals surface area contributed by atoms with Gasteiger partial charge in [-0.3, -0.25) is 9.79 Å². The van der Waals surface area contributed by atoms with Crippen molar-refractivity contribution in [1.82, 2.24) is 15.3 Å². The number of aromatic nitrogens is 2. The summed E-state index contributed by atoms with van der Waals surface area (Å²) in [4.78, 5) is 26.8. The highest BCUT2D eigenvalue weighted by Crippen LogP contribution is 2.36. The molecule has 1 unspecified atom stereocenters. The number of guanidine groups is 1. The van der Waals surface area contributed by atoms with Gasteiger partial charge in [0.15, 0.2) is 12.2 Å². The van der Waals surface area contributed by atoms with Gasteiger partial charge >= 0.3 is 0 Å². The fourth-order valence-corrected chi connectivity index (χ4v) is 4.12. The van der Waals surface area contributed by atoms with Crippen molar-refractivity contribution in [1.29, 1.82) is 0 Å². The van der Waals surface area contributed by atoms with E-state index in [1.165, 1.54) is 6.33 Å². The average Bonchev–Trinajstić information content (AvgIpc) is 3.05. The van der Waals surface area contributed by atoms with Crippen molar-refractivity contribution < 1.29 is 4.79 Å². The molecule has 1 aromatic carbocycles. The fraction of sp³-hybridized carbons (Fsp3) is 0.200. The second-order valence-corrected chi connectivity index (χ2v) is 7.66. The van der Waals surface area contributed by atoms with Crippen LogP contribution in [0.3, 0.4) is 0 Å². The first-order valence-corrected chi connectivity index (χ1v) is 9.22. The molecule has 0 bridgehead atoms. The summed E-state index contributed by atoms with van der Waals surface area (Å²) in [6.07, 6.45) is 5.86. The normalized spacial score (nSPS) is 13.8. The van der Waals surface area contributed by atoms with Crippen molar-refractivity contribution in [3.8, 4) is 11.1 Å². The van der Waals surface area contributed by atoms with Gasteiger partial charge in [-0.05, 0) is 37.1 Å². The summed E-state index contributed by atoms with van der Waals surface area (Å²) in [7, 11) is 1.58. The lowest BCUT2D eigenvalue weighted by Gasteiger charge is -2.31. The molecule has 0 radical (unpaired) electrons. The van der Waals surface area contributed by atoms with Gasteiger partial charge in [-0.2, -0.15) is 0 Å². The Morgan fingerprint density at radius 1 is 1.22 bits per heavy atom. The number of nitrogens with two attached hydrogens (primary N) is 1. The predicted octanol–water partition coefficient (Wildman–Crippen LogP) is 2.80. The molecule has 27 heavy (non-hydrogen) atoms. The molecule has 2 heterocycles. The molecule has 0 aliphatic heterocycles. The zero-order valence-electron chi connectivity index (χ0n) is 15.4. The van der Waals surface area contributed by atoms with E-state index in [9.17, 15) is 4.79 Å². The number of aryl methyl sites for hydroxylation is 2. The monoisotopic (exact) mass is 379 g/mol. The van der Waals surface area contributed by atoms with Crippen molar-refractivity contribution in [3.05, 3.63) is 69.9 Å². The first-order chi connectivity index (χ1) is 13.0. The first kappa shape index (κ1) is 18.7. The maximum absolute atomic E-state index is 12.5.